The molecule has 68 valence electrons. The summed E-state index contributed by atoms with van der Waals surface area (Å²) < 4.78 is 1.19. The second kappa shape index (κ2) is 3.66. The number of thiophene rings is 1. The summed E-state index contributed by atoms with van der Waals surface area (Å²) in [5.74, 6) is 0. The molecule has 0 bridgehead atoms. The largest absolute Gasteiger partial charge is 0.396 e. The molecule has 0 fully saturated rings. The van der Waals surface area contributed by atoms with Gasteiger partial charge >= 0.3 is 0 Å². The van der Waals surface area contributed by atoms with Crippen molar-refractivity contribution in [2.75, 3.05) is 6.61 Å². The zero-order chi connectivity index (χ0) is 9.26. The fraction of sp³-hybridized carbons (Fsp3) is 0.200. The SMILES string of the molecule is OCCc1csc2cccc(Cl)c12. The number of halogens is 1. The summed E-state index contributed by atoms with van der Waals surface area (Å²) in [7, 11) is 0. The van der Waals surface area contributed by atoms with E-state index in [9.17, 15) is 0 Å². The number of hydrogen-bond donors (Lipinski definition) is 1. The molecule has 0 radical (unpaired) electrons. The molecule has 0 saturated heterocycles. The monoisotopic (exact) mass is 212 g/mol. The van der Waals surface area contributed by atoms with Crippen LogP contribution in [0.1, 0.15) is 5.56 Å². The molecule has 0 saturated carbocycles. The molecule has 1 N–H and O–H groups in total. The number of aliphatic hydroxyl groups is 1. The molecule has 1 nitrogen and oxygen atoms in total. The molecule has 0 aliphatic carbocycles. The maximum absolute atomic E-state index is 8.85. The van der Waals surface area contributed by atoms with Crippen molar-refractivity contribution in [3.8, 4) is 0 Å². The van der Waals surface area contributed by atoms with Crippen LogP contribution in [0.5, 0.6) is 0 Å². The van der Waals surface area contributed by atoms with E-state index in [1.165, 1.54) is 4.70 Å². The molecule has 0 amide bonds. The Morgan fingerprint density at radius 2 is 2.23 bits per heavy atom. The van der Waals surface area contributed by atoms with Crippen LogP contribution in [0.15, 0.2) is 23.6 Å². The first kappa shape index (κ1) is 9.00. The lowest BCUT2D eigenvalue weighted by Crippen LogP contribution is -1.88. The van der Waals surface area contributed by atoms with Gasteiger partial charge in [-0.15, -0.1) is 11.3 Å². The minimum atomic E-state index is 0.178. The Balaban J connectivity index is 2.64. The molecule has 2 rings (SSSR count). The van der Waals surface area contributed by atoms with E-state index in [4.69, 9.17) is 16.7 Å². The Hall–Kier alpha value is -0.570. The molecular weight excluding hydrogens is 204 g/mol. The predicted molar refractivity (Wildman–Crippen MR) is 57.6 cm³/mol. The quantitative estimate of drug-likeness (QED) is 0.811. The summed E-state index contributed by atoms with van der Waals surface area (Å²) >= 11 is 7.74. The number of hydrogen-bond acceptors (Lipinski definition) is 2. The summed E-state index contributed by atoms with van der Waals surface area (Å²) in [6.45, 7) is 0.178. The van der Waals surface area contributed by atoms with Gasteiger partial charge in [-0.05, 0) is 29.5 Å². The van der Waals surface area contributed by atoms with Crippen molar-refractivity contribution >= 4 is 33.0 Å². The molecule has 0 spiro atoms. The van der Waals surface area contributed by atoms with Gasteiger partial charge in [-0.3, -0.25) is 0 Å². The number of benzene rings is 1. The summed E-state index contributed by atoms with van der Waals surface area (Å²) in [6.07, 6.45) is 0.684. The fourth-order valence-electron chi connectivity index (χ4n) is 1.41. The van der Waals surface area contributed by atoms with E-state index in [-0.39, 0.29) is 6.61 Å². The van der Waals surface area contributed by atoms with Crippen LogP contribution in [0.2, 0.25) is 5.02 Å². The van der Waals surface area contributed by atoms with Crippen molar-refractivity contribution in [1.29, 1.82) is 0 Å². The van der Waals surface area contributed by atoms with Gasteiger partial charge in [0.15, 0.2) is 0 Å². The zero-order valence-corrected chi connectivity index (χ0v) is 8.53. The zero-order valence-electron chi connectivity index (χ0n) is 6.96. The van der Waals surface area contributed by atoms with Crippen LogP contribution in [-0.2, 0) is 6.42 Å². The predicted octanol–water partition coefficient (Wildman–Crippen LogP) is 3.09. The smallest absolute Gasteiger partial charge is 0.0495 e. The highest BCUT2D eigenvalue weighted by Crippen LogP contribution is 2.31. The van der Waals surface area contributed by atoms with Gasteiger partial charge in [0.2, 0.25) is 0 Å². The molecule has 0 aliphatic heterocycles. The molecule has 1 aromatic carbocycles. The highest BCUT2D eigenvalue weighted by atomic mass is 35.5. The lowest BCUT2D eigenvalue weighted by Gasteiger charge is -1.97. The first-order valence-corrected chi connectivity index (χ1v) is 5.34. The Bertz CT molecular complexity index is 422. The van der Waals surface area contributed by atoms with Gasteiger partial charge in [-0.1, -0.05) is 17.7 Å². The third-order valence-corrected chi connectivity index (χ3v) is 3.32. The Labute approximate surface area is 85.6 Å². The van der Waals surface area contributed by atoms with Crippen LogP contribution >= 0.6 is 22.9 Å². The number of fused-ring (bicyclic) bond motifs is 1. The molecule has 0 aliphatic rings. The minimum absolute atomic E-state index is 0.178. The van der Waals surface area contributed by atoms with Gasteiger partial charge in [-0.25, -0.2) is 0 Å². The average molecular weight is 213 g/mol. The molecular formula is C10H9ClOS. The van der Waals surface area contributed by atoms with Gasteiger partial charge < -0.3 is 5.11 Å². The van der Waals surface area contributed by atoms with Crippen LogP contribution in [0, 0.1) is 0 Å². The van der Waals surface area contributed by atoms with Crippen molar-refractivity contribution in [3.05, 3.63) is 34.2 Å². The van der Waals surface area contributed by atoms with Gasteiger partial charge in [0.1, 0.15) is 0 Å². The van der Waals surface area contributed by atoms with Crippen LogP contribution in [0.25, 0.3) is 10.1 Å². The van der Waals surface area contributed by atoms with E-state index in [1.54, 1.807) is 11.3 Å². The highest BCUT2D eigenvalue weighted by Gasteiger charge is 2.06. The van der Waals surface area contributed by atoms with E-state index in [1.807, 2.05) is 18.2 Å². The third-order valence-electron chi connectivity index (χ3n) is 2.01. The van der Waals surface area contributed by atoms with Crippen molar-refractivity contribution < 1.29 is 5.11 Å². The highest BCUT2D eigenvalue weighted by molar-refractivity contribution is 7.17. The lowest BCUT2D eigenvalue weighted by atomic mass is 10.1. The normalized spacial score (nSPS) is 10.9. The number of aliphatic hydroxyl groups excluding tert-OH is 1. The fourth-order valence-corrected chi connectivity index (χ4v) is 2.79. The maximum atomic E-state index is 8.85. The average Bonchev–Trinajstić information content (AvgIpc) is 2.51. The lowest BCUT2D eigenvalue weighted by molar-refractivity contribution is 0.300. The first-order chi connectivity index (χ1) is 6.33. The molecule has 3 heteroatoms. The van der Waals surface area contributed by atoms with Gasteiger partial charge in [-0.2, -0.15) is 0 Å². The Morgan fingerprint density at radius 1 is 1.38 bits per heavy atom. The topological polar surface area (TPSA) is 20.2 Å². The van der Waals surface area contributed by atoms with Gasteiger partial charge in [0.25, 0.3) is 0 Å². The minimum Gasteiger partial charge on any atom is -0.396 e. The van der Waals surface area contributed by atoms with Crippen molar-refractivity contribution in [2.24, 2.45) is 0 Å². The van der Waals surface area contributed by atoms with Crippen molar-refractivity contribution in [3.63, 3.8) is 0 Å². The number of rotatable bonds is 2. The van der Waals surface area contributed by atoms with E-state index < -0.39 is 0 Å². The van der Waals surface area contributed by atoms with Crippen LogP contribution in [0.4, 0.5) is 0 Å². The summed E-state index contributed by atoms with van der Waals surface area (Å²) in [4.78, 5) is 0. The second-order valence-electron chi connectivity index (χ2n) is 2.85. The summed E-state index contributed by atoms with van der Waals surface area (Å²) in [6, 6.07) is 5.88. The van der Waals surface area contributed by atoms with Crippen molar-refractivity contribution in [1.82, 2.24) is 0 Å². The Morgan fingerprint density at radius 3 is 3.00 bits per heavy atom. The second-order valence-corrected chi connectivity index (χ2v) is 4.17. The molecule has 0 unspecified atom stereocenters. The van der Waals surface area contributed by atoms with Gasteiger partial charge in [0.05, 0.1) is 0 Å². The molecule has 1 heterocycles. The van der Waals surface area contributed by atoms with Crippen LogP contribution < -0.4 is 0 Å². The van der Waals surface area contributed by atoms with E-state index >= 15 is 0 Å². The van der Waals surface area contributed by atoms with Crippen LogP contribution in [-0.4, -0.2) is 11.7 Å². The molecule has 0 atom stereocenters. The Kier molecular flexibility index (Phi) is 2.54. The standard InChI is InChI=1S/C10H9ClOS/c11-8-2-1-3-9-10(8)7(4-5-12)6-13-9/h1-3,6,12H,4-5H2. The molecule has 1 aromatic heterocycles. The summed E-state index contributed by atoms with van der Waals surface area (Å²) in [5, 5.41) is 12.8. The van der Waals surface area contributed by atoms with E-state index in [0.717, 1.165) is 16.0 Å². The van der Waals surface area contributed by atoms with E-state index in [2.05, 4.69) is 5.38 Å². The van der Waals surface area contributed by atoms with E-state index in [0.29, 0.717) is 6.42 Å². The maximum Gasteiger partial charge on any atom is 0.0495 e. The third kappa shape index (κ3) is 1.57. The summed E-state index contributed by atoms with van der Waals surface area (Å²) in [5.41, 5.74) is 1.15. The van der Waals surface area contributed by atoms with Crippen LogP contribution in [0.3, 0.4) is 0 Å². The van der Waals surface area contributed by atoms with Gasteiger partial charge in [0, 0.05) is 21.7 Å². The molecule has 13 heavy (non-hydrogen) atoms. The molecule has 2 aromatic rings. The first-order valence-electron chi connectivity index (χ1n) is 4.08. The van der Waals surface area contributed by atoms with Crippen molar-refractivity contribution in [2.45, 2.75) is 6.42 Å².